The monoisotopic (exact) mass is 804 g/mol. The van der Waals surface area contributed by atoms with Crippen LogP contribution < -0.4 is 14.5 Å². The second-order valence-electron chi connectivity index (χ2n) is 19.2. The van der Waals surface area contributed by atoms with E-state index in [0.717, 1.165) is 118 Å². The number of carbonyl (C=O) groups is 2. The number of aromatic nitrogens is 3. The maximum atomic E-state index is 15.3. The molecule has 1 spiro atoms. The lowest BCUT2D eigenvalue weighted by atomic mass is 9.85. The molecule has 1 N–H and O–H groups in total. The van der Waals surface area contributed by atoms with Crippen molar-refractivity contribution in [3.05, 3.63) is 76.7 Å². The first kappa shape index (κ1) is 38.6. The van der Waals surface area contributed by atoms with Crippen LogP contribution in [0.3, 0.4) is 0 Å². The van der Waals surface area contributed by atoms with Crippen LogP contribution in [0.4, 0.5) is 16.0 Å². The number of benzene rings is 2. The highest BCUT2D eigenvalue weighted by molar-refractivity contribution is 6.01. The van der Waals surface area contributed by atoms with Crippen LogP contribution in [0.25, 0.3) is 10.9 Å². The number of para-hydroxylation sites is 1. The summed E-state index contributed by atoms with van der Waals surface area (Å²) in [5.74, 6) is 1.90. The number of alkyl halides is 1. The van der Waals surface area contributed by atoms with E-state index in [4.69, 9.17) is 19.4 Å². The number of hydrogen-bond donors (Lipinski definition) is 1. The van der Waals surface area contributed by atoms with Gasteiger partial charge in [0, 0.05) is 97.5 Å². The molecular formula is C46H57FN8O4. The summed E-state index contributed by atoms with van der Waals surface area (Å²) in [7, 11) is 0. The van der Waals surface area contributed by atoms with Gasteiger partial charge < -0.3 is 34.0 Å². The molecule has 3 fully saturated rings. The van der Waals surface area contributed by atoms with Crippen molar-refractivity contribution in [2.24, 2.45) is 5.92 Å². The third-order valence-corrected chi connectivity index (χ3v) is 14.2. The smallest absolute Gasteiger partial charge is 0.255 e. The minimum absolute atomic E-state index is 0.101. The van der Waals surface area contributed by atoms with Crippen molar-refractivity contribution < 1.29 is 23.5 Å². The van der Waals surface area contributed by atoms with Gasteiger partial charge in [-0.2, -0.15) is 0 Å². The second-order valence-corrected chi connectivity index (χ2v) is 19.2. The number of aromatic amines is 1. The predicted octanol–water partition coefficient (Wildman–Crippen LogP) is 5.93. The Bertz CT molecular complexity index is 2270. The van der Waals surface area contributed by atoms with E-state index in [0.29, 0.717) is 31.2 Å². The Morgan fingerprint density at radius 1 is 1.07 bits per heavy atom. The van der Waals surface area contributed by atoms with Crippen LogP contribution in [-0.2, 0) is 22.5 Å². The van der Waals surface area contributed by atoms with Crippen LogP contribution in [0.15, 0.2) is 48.8 Å². The van der Waals surface area contributed by atoms with E-state index < -0.39 is 11.7 Å². The Morgan fingerprint density at radius 2 is 1.85 bits per heavy atom. The van der Waals surface area contributed by atoms with Crippen molar-refractivity contribution in [1.29, 1.82) is 0 Å². The third kappa shape index (κ3) is 6.68. The molecule has 312 valence electrons. The quantitative estimate of drug-likeness (QED) is 0.215. The molecule has 0 radical (unpaired) electrons. The topological polar surface area (TPSA) is 110 Å². The van der Waals surface area contributed by atoms with E-state index in [1.807, 2.05) is 24.5 Å². The number of fused-ring (bicyclic) bond motifs is 8. The lowest BCUT2D eigenvalue weighted by Crippen LogP contribution is -2.65. The van der Waals surface area contributed by atoms with Crippen molar-refractivity contribution in [3.8, 4) is 5.75 Å². The van der Waals surface area contributed by atoms with E-state index in [9.17, 15) is 9.59 Å². The number of rotatable bonds is 8. The molecule has 0 saturated carbocycles. The molecule has 3 saturated heterocycles. The number of H-pyrrole nitrogens is 1. The first-order valence-electron chi connectivity index (χ1n) is 21.6. The van der Waals surface area contributed by atoms with Gasteiger partial charge in [0.05, 0.1) is 42.1 Å². The number of piperidine rings is 1. The number of piperazine rings is 1. The molecule has 2 aromatic carbocycles. The molecule has 8 heterocycles. The second kappa shape index (κ2) is 14.3. The third-order valence-electron chi connectivity index (χ3n) is 14.2. The van der Waals surface area contributed by atoms with Crippen LogP contribution in [0.1, 0.15) is 92.7 Å². The molecule has 12 nitrogen and oxygen atoms in total. The highest BCUT2D eigenvalue weighted by Gasteiger charge is 2.48. The van der Waals surface area contributed by atoms with Crippen LogP contribution in [0, 0.1) is 5.92 Å². The van der Waals surface area contributed by atoms with Crippen LogP contribution >= 0.6 is 0 Å². The van der Waals surface area contributed by atoms with Gasteiger partial charge in [0.2, 0.25) is 5.95 Å². The summed E-state index contributed by atoms with van der Waals surface area (Å²) >= 11 is 0. The molecule has 1 amide bonds. The maximum absolute atomic E-state index is 15.3. The number of amides is 1. The normalized spacial score (nSPS) is 27.4. The zero-order valence-corrected chi connectivity index (χ0v) is 35.0. The molecule has 2 aromatic heterocycles. The average molecular weight is 805 g/mol. The molecule has 5 atom stereocenters. The summed E-state index contributed by atoms with van der Waals surface area (Å²) in [6.07, 6.45) is 8.54. The summed E-state index contributed by atoms with van der Waals surface area (Å²) in [5.41, 5.74) is 5.45. The lowest BCUT2D eigenvalue weighted by molar-refractivity contribution is -0.111. The first-order chi connectivity index (χ1) is 28.3. The number of anilines is 2. The molecule has 10 rings (SSSR count). The van der Waals surface area contributed by atoms with Gasteiger partial charge >= 0.3 is 0 Å². The van der Waals surface area contributed by atoms with Gasteiger partial charge in [-0.05, 0) is 90.0 Å². The van der Waals surface area contributed by atoms with E-state index in [-0.39, 0.29) is 29.1 Å². The van der Waals surface area contributed by atoms with Crippen LogP contribution in [0.5, 0.6) is 5.75 Å². The number of carbonyl (C=O) groups excluding carboxylic acids is 2. The standard InChI is InChI=1S/C46H57FN8O4/c1-29-18-35-33-8-6-7-9-37(33)50-39(35)40(54(29)26-44(3,4)47)32-20-48-43(49-21-32)52-14-12-46(13-15-52)19-31(25-59-46)22-51-16-17-55-38-11-10-34-36(23-53(42(34)57)30(2)24-56)41(38)58-28-45(55,5)27-51/h6-11,20-21,24,29-31,40,50H,12-19,22-23,25-28H2,1-5H3/t29-,30?,31?,40?,45-/m1/s1. The summed E-state index contributed by atoms with van der Waals surface area (Å²) < 4.78 is 28.4. The maximum Gasteiger partial charge on any atom is 0.255 e. The number of nitrogens with one attached hydrogen (secondary N) is 1. The average Bonchev–Trinajstić information content (AvgIpc) is 3.90. The highest BCUT2D eigenvalue weighted by atomic mass is 19.1. The van der Waals surface area contributed by atoms with E-state index in [1.54, 1.807) is 25.7 Å². The van der Waals surface area contributed by atoms with Crippen molar-refractivity contribution in [1.82, 2.24) is 29.7 Å². The van der Waals surface area contributed by atoms with Crippen molar-refractivity contribution >= 4 is 34.7 Å². The Morgan fingerprint density at radius 3 is 2.61 bits per heavy atom. The van der Waals surface area contributed by atoms with E-state index in [1.165, 1.54) is 10.9 Å². The largest absolute Gasteiger partial charge is 0.489 e. The van der Waals surface area contributed by atoms with E-state index >= 15 is 4.39 Å². The van der Waals surface area contributed by atoms with E-state index in [2.05, 4.69) is 62.7 Å². The van der Waals surface area contributed by atoms with Gasteiger partial charge in [0.25, 0.3) is 5.91 Å². The number of halogens is 1. The van der Waals surface area contributed by atoms with Gasteiger partial charge in [-0.25, -0.2) is 14.4 Å². The fourth-order valence-corrected chi connectivity index (χ4v) is 11.3. The summed E-state index contributed by atoms with van der Waals surface area (Å²) in [4.78, 5) is 49.4. The van der Waals surface area contributed by atoms with Crippen LogP contribution in [-0.4, -0.2) is 130 Å². The van der Waals surface area contributed by atoms with Gasteiger partial charge in [-0.15, -0.1) is 0 Å². The molecule has 3 unspecified atom stereocenters. The number of nitrogens with zero attached hydrogens (tertiary/aromatic N) is 7. The summed E-state index contributed by atoms with van der Waals surface area (Å²) in [6.45, 7) is 17.0. The molecule has 6 aliphatic heterocycles. The molecule has 4 aromatic rings. The summed E-state index contributed by atoms with van der Waals surface area (Å²) in [5, 5.41) is 1.24. The SMILES string of the molecule is CC(C=O)N1Cc2c(ccc3c2OC[C@@]2(C)CN(CC4COC5(CCN(c6ncc(C7c8[nH]c9ccccc9c8C[C@@H](C)N7CC(C)(C)F)cn6)CC5)C4)CCN32)C1=O. The Hall–Kier alpha value is -4.59. The molecule has 6 aliphatic rings. The van der Waals surface area contributed by atoms with Gasteiger partial charge in [0.1, 0.15) is 24.3 Å². The Balaban J connectivity index is 0.771. The van der Waals surface area contributed by atoms with Gasteiger partial charge in [0.15, 0.2) is 0 Å². The zero-order chi connectivity index (χ0) is 40.8. The predicted molar refractivity (Wildman–Crippen MR) is 225 cm³/mol. The Labute approximate surface area is 346 Å². The fourth-order valence-electron chi connectivity index (χ4n) is 11.3. The van der Waals surface area contributed by atoms with Gasteiger partial charge in [-0.3, -0.25) is 14.6 Å². The lowest BCUT2D eigenvalue weighted by Gasteiger charge is -2.53. The molecule has 0 bridgehead atoms. The Kier molecular flexibility index (Phi) is 9.33. The molecule has 0 aliphatic carbocycles. The first-order valence-corrected chi connectivity index (χ1v) is 21.6. The molecular weight excluding hydrogens is 748 g/mol. The van der Waals surface area contributed by atoms with Crippen molar-refractivity contribution in [2.45, 2.75) is 102 Å². The number of aldehydes is 1. The minimum Gasteiger partial charge on any atom is -0.489 e. The zero-order valence-electron chi connectivity index (χ0n) is 35.0. The molecule has 13 heteroatoms. The van der Waals surface area contributed by atoms with Crippen LogP contribution in [0.2, 0.25) is 0 Å². The minimum atomic E-state index is -1.35. The van der Waals surface area contributed by atoms with Crippen molar-refractivity contribution in [3.63, 3.8) is 0 Å². The summed E-state index contributed by atoms with van der Waals surface area (Å²) in [6, 6.07) is 11.9. The van der Waals surface area contributed by atoms with Crippen molar-refractivity contribution in [2.75, 3.05) is 68.8 Å². The molecule has 59 heavy (non-hydrogen) atoms. The number of ether oxygens (including phenoxy) is 2. The number of hydrogen-bond acceptors (Lipinski definition) is 10. The fraction of sp³-hybridized carbons (Fsp3) is 0.565. The van der Waals surface area contributed by atoms with Gasteiger partial charge in [-0.1, -0.05) is 18.2 Å². The highest BCUT2D eigenvalue weighted by Crippen LogP contribution is 2.47.